The maximum absolute atomic E-state index is 13.3. The number of amides is 1. The summed E-state index contributed by atoms with van der Waals surface area (Å²) in [5.74, 6) is 0.0730. The van der Waals surface area contributed by atoms with Crippen molar-refractivity contribution < 1.29 is 18.7 Å². The van der Waals surface area contributed by atoms with E-state index in [9.17, 15) is 9.59 Å². The lowest BCUT2D eigenvalue weighted by Gasteiger charge is -2.37. The number of halogens is 1. The molecule has 0 saturated heterocycles. The molecule has 0 aliphatic carbocycles. The number of hydrogen-bond donors (Lipinski definition) is 1. The quantitative estimate of drug-likeness (QED) is 0.524. The van der Waals surface area contributed by atoms with Gasteiger partial charge in [0.05, 0.1) is 36.5 Å². The Morgan fingerprint density at radius 1 is 1.24 bits per heavy atom. The van der Waals surface area contributed by atoms with Gasteiger partial charge in [0.2, 0.25) is 5.91 Å². The zero-order valence-electron chi connectivity index (χ0n) is 19.4. The molecule has 0 radical (unpaired) electrons. The third-order valence-electron chi connectivity index (χ3n) is 5.19. The van der Waals surface area contributed by atoms with Crippen molar-refractivity contribution >= 4 is 40.4 Å². The van der Waals surface area contributed by atoms with E-state index in [1.54, 1.807) is 37.5 Å². The average Bonchev–Trinajstić information content (AvgIpc) is 3.41. The van der Waals surface area contributed by atoms with Crippen LogP contribution in [-0.4, -0.2) is 27.5 Å². The molecule has 2 aromatic rings. The Morgan fingerprint density at radius 3 is 2.62 bits per heavy atom. The van der Waals surface area contributed by atoms with Gasteiger partial charge in [-0.25, -0.2) is 9.79 Å². The molecule has 34 heavy (non-hydrogen) atoms. The molecule has 2 aliphatic heterocycles. The minimum Gasteiger partial charge on any atom is -0.467 e. The molecular formula is C25H26ClN3O4S. The van der Waals surface area contributed by atoms with E-state index < -0.39 is 17.6 Å². The lowest BCUT2D eigenvalue weighted by molar-refractivity contribution is -0.150. The van der Waals surface area contributed by atoms with E-state index in [1.165, 1.54) is 11.8 Å². The van der Waals surface area contributed by atoms with E-state index in [0.717, 1.165) is 11.3 Å². The molecule has 1 aromatic heterocycles. The van der Waals surface area contributed by atoms with Crippen molar-refractivity contribution in [1.29, 1.82) is 0 Å². The molecule has 0 fully saturated rings. The summed E-state index contributed by atoms with van der Waals surface area (Å²) in [5.41, 5.74) is 1.95. The zero-order valence-corrected chi connectivity index (χ0v) is 21.0. The van der Waals surface area contributed by atoms with Crippen molar-refractivity contribution in [3.63, 3.8) is 0 Å². The molecule has 7 nitrogen and oxygen atoms in total. The lowest BCUT2D eigenvalue weighted by atomic mass is 9.93. The van der Waals surface area contributed by atoms with Crippen molar-refractivity contribution in [3.05, 3.63) is 81.4 Å². The Hall–Kier alpha value is -2.97. The maximum atomic E-state index is 13.3. The lowest BCUT2D eigenvalue weighted by Crippen LogP contribution is -2.39. The fourth-order valence-corrected chi connectivity index (χ4v) is 4.84. The predicted octanol–water partition coefficient (Wildman–Crippen LogP) is 5.56. The largest absolute Gasteiger partial charge is 0.467 e. The number of hydrogen-bond acceptors (Lipinski definition) is 7. The van der Waals surface area contributed by atoms with Gasteiger partial charge >= 0.3 is 5.97 Å². The number of thioether (sulfide) groups is 1. The highest BCUT2D eigenvalue weighted by Crippen LogP contribution is 2.45. The van der Waals surface area contributed by atoms with E-state index in [2.05, 4.69) is 10.3 Å². The highest BCUT2D eigenvalue weighted by atomic mass is 35.5. The van der Waals surface area contributed by atoms with Gasteiger partial charge < -0.3 is 19.4 Å². The number of nitrogens with one attached hydrogen (secondary N) is 1. The van der Waals surface area contributed by atoms with Gasteiger partial charge in [0.15, 0.2) is 5.17 Å². The number of nitrogens with zero attached hydrogens (tertiary/aromatic N) is 2. The van der Waals surface area contributed by atoms with Crippen LogP contribution in [0.2, 0.25) is 5.02 Å². The van der Waals surface area contributed by atoms with Crippen molar-refractivity contribution in [2.24, 2.45) is 4.99 Å². The fraction of sp³-hybridized carbons (Fsp3) is 0.320. The number of allylic oxidation sites excluding steroid dienone is 1. The molecule has 1 aromatic carbocycles. The van der Waals surface area contributed by atoms with Crippen LogP contribution in [0.4, 0.5) is 0 Å². The van der Waals surface area contributed by atoms with Gasteiger partial charge in [-0.2, -0.15) is 0 Å². The predicted molar refractivity (Wildman–Crippen MR) is 133 cm³/mol. The van der Waals surface area contributed by atoms with Crippen molar-refractivity contribution in [2.45, 2.75) is 52.3 Å². The van der Waals surface area contributed by atoms with Crippen LogP contribution in [0.25, 0.3) is 0 Å². The zero-order chi connectivity index (χ0) is 24.5. The summed E-state index contributed by atoms with van der Waals surface area (Å²) < 4.78 is 11.0. The third kappa shape index (κ3) is 5.39. The molecule has 0 bridgehead atoms. The highest BCUT2D eigenvalue weighted by Gasteiger charge is 2.41. The van der Waals surface area contributed by atoms with Crippen LogP contribution in [0.5, 0.6) is 0 Å². The molecule has 1 atom stereocenters. The Bertz CT molecular complexity index is 1180. The number of carbonyl (C=O) groups excluding carboxylic acids is 2. The first kappa shape index (κ1) is 24.2. The second-order valence-electron chi connectivity index (χ2n) is 8.98. The molecule has 1 amide bonds. The summed E-state index contributed by atoms with van der Waals surface area (Å²) in [6.45, 7) is 7.60. The summed E-state index contributed by atoms with van der Waals surface area (Å²) in [5, 5.41) is 6.08. The van der Waals surface area contributed by atoms with Gasteiger partial charge in [-0.1, -0.05) is 35.5 Å². The second-order valence-corrected chi connectivity index (χ2v) is 10.3. The van der Waals surface area contributed by atoms with Gasteiger partial charge in [-0.05, 0) is 62.9 Å². The van der Waals surface area contributed by atoms with E-state index in [0.29, 0.717) is 33.8 Å². The number of ether oxygens (including phenoxy) is 1. The number of rotatable bonds is 6. The smallest absolute Gasteiger partial charge is 0.338 e. The summed E-state index contributed by atoms with van der Waals surface area (Å²) >= 11 is 7.56. The third-order valence-corrected chi connectivity index (χ3v) is 6.33. The summed E-state index contributed by atoms with van der Waals surface area (Å²) in [6, 6.07) is 10.4. The topological polar surface area (TPSA) is 84.1 Å². The van der Waals surface area contributed by atoms with Crippen molar-refractivity contribution in [3.8, 4) is 0 Å². The molecule has 4 rings (SSSR count). The number of amidine groups is 1. The SMILES string of the molecule is CC1=C(C(=O)OC(C)(C)C)C(c2ccc(Cl)cc2)N2C(CC(=O)NCc3ccco3)=CSC2=N1. The fourth-order valence-electron chi connectivity index (χ4n) is 3.75. The Kier molecular flexibility index (Phi) is 6.91. The van der Waals surface area contributed by atoms with Crippen molar-refractivity contribution in [1.82, 2.24) is 10.2 Å². The van der Waals surface area contributed by atoms with Crippen LogP contribution in [0, 0.1) is 0 Å². The minimum atomic E-state index is -0.664. The van der Waals surface area contributed by atoms with Crippen LogP contribution in [0.3, 0.4) is 0 Å². The number of aliphatic imine (C=N–C) groups is 1. The molecule has 1 N–H and O–H groups in total. The average molecular weight is 500 g/mol. The first-order valence-electron chi connectivity index (χ1n) is 10.8. The van der Waals surface area contributed by atoms with E-state index >= 15 is 0 Å². The van der Waals surface area contributed by atoms with Gasteiger partial charge in [0.1, 0.15) is 11.4 Å². The second kappa shape index (κ2) is 9.72. The molecule has 9 heteroatoms. The first-order valence-corrected chi connectivity index (χ1v) is 12.1. The van der Waals surface area contributed by atoms with Crippen LogP contribution in [0.15, 0.2) is 74.4 Å². The minimum absolute atomic E-state index is 0.122. The van der Waals surface area contributed by atoms with Gasteiger partial charge in [-0.3, -0.25) is 4.79 Å². The van der Waals surface area contributed by atoms with E-state index in [1.807, 2.05) is 43.2 Å². The van der Waals surface area contributed by atoms with E-state index in [-0.39, 0.29) is 12.3 Å². The molecular weight excluding hydrogens is 474 g/mol. The monoisotopic (exact) mass is 499 g/mol. The molecule has 3 heterocycles. The number of esters is 1. The van der Waals surface area contributed by atoms with Crippen LogP contribution >= 0.6 is 23.4 Å². The van der Waals surface area contributed by atoms with Crippen LogP contribution in [0.1, 0.15) is 51.5 Å². The van der Waals surface area contributed by atoms with Gasteiger partial charge in [0, 0.05) is 10.7 Å². The molecule has 178 valence electrons. The highest BCUT2D eigenvalue weighted by molar-refractivity contribution is 8.16. The summed E-state index contributed by atoms with van der Waals surface area (Å²) in [4.78, 5) is 32.7. The standard InChI is InChI=1S/C25H26ClN3O4S/c1-15-21(23(31)33-25(2,3)4)22(16-7-9-17(26)10-8-16)29-18(14-34-24(29)28-15)12-20(30)27-13-19-6-5-11-32-19/h5-11,14,22H,12-13H2,1-4H3,(H,27,30). The molecule has 0 spiro atoms. The number of benzene rings is 1. The Morgan fingerprint density at radius 2 is 1.97 bits per heavy atom. The van der Waals surface area contributed by atoms with E-state index in [4.69, 9.17) is 20.8 Å². The summed E-state index contributed by atoms with van der Waals surface area (Å²) in [7, 11) is 0. The van der Waals surface area contributed by atoms with Crippen molar-refractivity contribution in [2.75, 3.05) is 0 Å². The summed E-state index contributed by atoms with van der Waals surface area (Å²) in [6.07, 6.45) is 1.69. The molecule has 2 aliphatic rings. The maximum Gasteiger partial charge on any atom is 0.338 e. The van der Waals surface area contributed by atoms with Gasteiger partial charge in [-0.15, -0.1) is 0 Å². The van der Waals surface area contributed by atoms with Crippen LogP contribution in [-0.2, 0) is 20.9 Å². The van der Waals surface area contributed by atoms with Crippen LogP contribution < -0.4 is 5.32 Å². The Balaban J connectivity index is 1.64. The Labute approximate surface area is 207 Å². The number of furan rings is 1. The number of carbonyl (C=O) groups is 2. The number of fused-ring (bicyclic) bond motifs is 1. The molecule has 0 saturated carbocycles. The van der Waals surface area contributed by atoms with Gasteiger partial charge in [0.25, 0.3) is 0 Å². The first-order chi connectivity index (χ1) is 16.1. The molecule has 1 unspecified atom stereocenters. The normalized spacial score (nSPS) is 17.8.